The fourth-order valence-corrected chi connectivity index (χ4v) is 3.07. The molecule has 0 bridgehead atoms. The molecule has 0 aliphatic rings. The molecule has 1 amide bonds. The first-order chi connectivity index (χ1) is 12.0. The summed E-state index contributed by atoms with van der Waals surface area (Å²) in [6.45, 7) is 3.99. The molecule has 0 radical (unpaired) electrons. The van der Waals surface area contributed by atoms with Crippen LogP contribution in [0.5, 0.6) is 11.5 Å². The highest BCUT2D eigenvalue weighted by Gasteiger charge is 2.11. The molecule has 0 saturated heterocycles. The number of rotatable bonds is 7. The molecule has 130 valence electrons. The van der Waals surface area contributed by atoms with Gasteiger partial charge in [0.05, 0.1) is 17.8 Å². The number of carbonyl (C=O) groups excluding carboxylic acids is 1. The summed E-state index contributed by atoms with van der Waals surface area (Å²) in [4.78, 5) is 12.1. The molecule has 1 N–H and O–H groups in total. The highest BCUT2D eigenvalue weighted by atomic mass is 127. The lowest BCUT2D eigenvalue weighted by molar-refractivity contribution is 0.0955. The summed E-state index contributed by atoms with van der Waals surface area (Å²) in [5.41, 5.74) is 3.81. The fourth-order valence-electron chi connectivity index (χ4n) is 1.96. The van der Waals surface area contributed by atoms with Gasteiger partial charge in [-0.2, -0.15) is 5.10 Å². The Hall–Kier alpha value is -1.87. The van der Waals surface area contributed by atoms with Crippen molar-refractivity contribution in [1.29, 1.82) is 0 Å². The standard InChI is InChI=1S/C18H16BrIN2O3/c1-3-7-25-17-15(19)8-12(9-16(17)24-2)11-21-22-18(23)13-5-4-6-14(20)10-13/h3-6,8-11H,1,7H2,2H3,(H,22,23)/b21-11-. The maximum Gasteiger partial charge on any atom is 0.271 e. The number of halogens is 2. The topological polar surface area (TPSA) is 59.9 Å². The Labute approximate surface area is 168 Å². The number of benzene rings is 2. The predicted octanol–water partition coefficient (Wildman–Crippen LogP) is 4.39. The first-order valence-corrected chi connectivity index (χ1v) is 9.12. The number of carbonyl (C=O) groups is 1. The van der Waals surface area contributed by atoms with Crippen LogP contribution in [0.15, 0.2) is 58.6 Å². The van der Waals surface area contributed by atoms with Crippen LogP contribution in [0.2, 0.25) is 0 Å². The van der Waals surface area contributed by atoms with E-state index in [0.29, 0.717) is 23.7 Å². The zero-order chi connectivity index (χ0) is 18.2. The van der Waals surface area contributed by atoms with Gasteiger partial charge in [-0.05, 0) is 74.4 Å². The summed E-state index contributed by atoms with van der Waals surface area (Å²) in [6, 6.07) is 10.9. The van der Waals surface area contributed by atoms with Crippen LogP contribution in [0, 0.1) is 3.57 Å². The second kappa shape index (κ2) is 9.57. The Balaban J connectivity index is 2.11. The Morgan fingerprint density at radius 1 is 1.40 bits per heavy atom. The Morgan fingerprint density at radius 2 is 2.20 bits per heavy atom. The van der Waals surface area contributed by atoms with Crippen molar-refractivity contribution in [2.75, 3.05) is 13.7 Å². The zero-order valence-corrected chi connectivity index (χ0v) is 17.2. The molecule has 2 aromatic carbocycles. The first-order valence-electron chi connectivity index (χ1n) is 7.25. The molecule has 2 aromatic rings. The van der Waals surface area contributed by atoms with Gasteiger partial charge in [0, 0.05) is 9.13 Å². The van der Waals surface area contributed by atoms with Crippen LogP contribution in [0.1, 0.15) is 15.9 Å². The molecule has 0 atom stereocenters. The highest BCUT2D eigenvalue weighted by Crippen LogP contribution is 2.36. The van der Waals surface area contributed by atoms with E-state index >= 15 is 0 Å². The molecule has 0 spiro atoms. The fraction of sp³-hybridized carbons (Fsp3) is 0.111. The second-order valence-corrected chi connectivity index (χ2v) is 6.94. The van der Waals surface area contributed by atoms with E-state index in [4.69, 9.17) is 9.47 Å². The third kappa shape index (κ3) is 5.57. The minimum Gasteiger partial charge on any atom is -0.493 e. The average molecular weight is 515 g/mol. The van der Waals surface area contributed by atoms with Gasteiger partial charge in [-0.25, -0.2) is 5.43 Å². The van der Waals surface area contributed by atoms with Crippen LogP contribution in [0.25, 0.3) is 0 Å². The predicted molar refractivity (Wildman–Crippen MR) is 111 cm³/mol. The van der Waals surface area contributed by atoms with Crippen LogP contribution < -0.4 is 14.9 Å². The second-order valence-electron chi connectivity index (χ2n) is 4.84. The molecule has 0 unspecified atom stereocenters. The molecule has 2 rings (SSSR count). The molecular weight excluding hydrogens is 499 g/mol. The van der Waals surface area contributed by atoms with Crippen molar-refractivity contribution in [3.8, 4) is 11.5 Å². The van der Waals surface area contributed by atoms with Crippen LogP contribution in [-0.2, 0) is 0 Å². The van der Waals surface area contributed by atoms with Crippen molar-refractivity contribution in [3.63, 3.8) is 0 Å². The third-order valence-electron chi connectivity index (χ3n) is 3.06. The van der Waals surface area contributed by atoms with Crippen LogP contribution in [-0.4, -0.2) is 25.8 Å². The number of hydrogen-bond acceptors (Lipinski definition) is 4. The number of hydrogen-bond donors (Lipinski definition) is 1. The molecule has 0 aliphatic heterocycles. The molecule has 0 aliphatic carbocycles. The average Bonchev–Trinajstić information content (AvgIpc) is 2.60. The summed E-state index contributed by atoms with van der Waals surface area (Å²) in [7, 11) is 1.56. The van der Waals surface area contributed by atoms with Gasteiger partial charge in [-0.3, -0.25) is 4.79 Å². The van der Waals surface area contributed by atoms with E-state index in [1.54, 1.807) is 31.4 Å². The van der Waals surface area contributed by atoms with Crippen LogP contribution in [0.3, 0.4) is 0 Å². The summed E-state index contributed by atoms with van der Waals surface area (Å²) < 4.78 is 12.6. The van der Waals surface area contributed by atoms with Gasteiger partial charge in [0.2, 0.25) is 0 Å². The number of methoxy groups -OCH3 is 1. The molecular formula is C18H16BrIN2O3. The zero-order valence-electron chi connectivity index (χ0n) is 13.5. The lowest BCUT2D eigenvalue weighted by Gasteiger charge is -2.12. The van der Waals surface area contributed by atoms with E-state index < -0.39 is 0 Å². The minimum atomic E-state index is -0.272. The van der Waals surface area contributed by atoms with Crippen molar-refractivity contribution in [2.45, 2.75) is 0 Å². The van der Waals surface area contributed by atoms with Crippen molar-refractivity contribution >= 4 is 50.6 Å². The summed E-state index contributed by atoms with van der Waals surface area (Å²) in [5, 5.41) is 4.00. The quantitative estimate of drug-likeness (QED) is 0.258. The van der Waals surface area contributed by atoms with Crippen molar-refractivity contribution in [3.05, 3.63) is 68.2 Å². The molecule has 0 heterocycles. The molecule has 0 fully saturated rings. The normalized spacial score (nSPS) is 10.5. The largest absolute Gasteiger partial charge is 0.493 e. The van der Waals surface area contributed by atoms with Crippen molar-refractivity contribution in [1.82, 2.24) is 5.43 Å². The molecule has 5 nitrogen and oxygen atoms in total. The third-order valence-corrected chi connectivity index (χ3v) is 4.32. The summed E-state index contributed by atoms with van der Waals surface area (Å²) in [5.74, 6) is 0.871. The van der Waals surface area contributed by atoms with Gasteiger partial charge in [0.1, 0.15) is 6.61 Å². The van der Waals surface area contributed by atoms with Gasteiger partial charge in [0.25, 0.3) is 5.91 Å². The van der Waals surface area contributed by atoms with E-state index in [-0.39, 0.29) is 5.91 Å². The Morgan fingerprint density at radius 3 is 2.88 bits per heavy atom. The van der Waals surface area contributed by atoms with Gasteiger partial charge in [0.15, 0.2) is 11.5 Å². The van der Waals surface area contributed by atoms with E-state index in [1.807, 2.05) is 18.2 Å². The van der Waals surface area contributed by atoms with Crippen LogP contribution in [0.4, 0.5) is 0 Å². The highest BCUT2D eigenvalue weighted by molar-refractivity contribution is 14.1. The number of ether oxygens (including phenoxy) is 2. The lowest BCUT2D eigenvalue weighted by atomic mass is 10.2. The van der Waals surface area contributed by atoms with E-state index in [1.165, 1.54) is 6.21 Å². The van der Waals surface area contributed by atoms with Gasteiger partial charge in [-0.15, -0.1) is 0 Å². The summed E-state index contributed by atoms with van der Waals surface area (Å²) >= 11 is 5.60. The molecule has 25 heavy (non-hydrogen) atoms. The van der Waals surface area contributed by atoms with Gasteiger partial charge >= 0.3 is 0 Å². The molecule has 0 saturated carbocycles. The SMILES string of the molecule is C=CCOc1c(Br)cc(/C=N\NC(=O)c2cccc(I)c2)cc1OC. The number of nitrogens with one attached hydrogen (secondary N) is 1. The maximum absolute atomic E-state index is 12.1. The minimum absolute atomic E-state index is 0.272. The van der Waals surface area contributed by atoms with Gasteiger partial charge < -0.3 is 9.47 Å². The number of nitrogens with zero attached hydrogens (tertiary/aromatic N) is 1. The Bertz CT molecular complexity index is 809. The van der Waals surface area contributed by atoms with E-state index in [9.17, 15) is 4.79 Å². The molecule has 7 heteroatoms. The maximum atomic E-state index is 12.1. The van der Waals surface area contributed by atoms with Gasteiger partial charge in [-0.1, -0.05) is 18.7 Å². The molecule has 0 aromatic heterocycles. The smallest absolute Gasteiger partial charge is 0.271 e. The number of hydrazone groups is 1. The van der Waals surface area contributed by atoms with Crippen LogP contribution >= 0.6 is 38.5 Å². The monoisotopic (exact) mass is 514 g/mol. The first kappa shape index (κ1) is 19.5. The Kier molecular flexibility index (Phi) is 7.45. The number of amides is 1. The van der Waals surface area contributed by atoms with Crippen molar-refractivity contribution in [2.24, 2.45) is 5.10 Å². The van der Waals surface area contributed by atoms with E-state index in [0.717, 1.165) is 13.6 Å². The van der Waals surface area contributed by atoms with E-state index in [2.05, 4.69) is 55.6 Å². The van der Waals surface area contributed by atoms with Crippen molar-refractivity contribution < 1.29 is 14.3 Å². The summed E-state index contributed by atoms with van der Waals surface area (Å²) in [6.07, 6.45) is 3.19. The lowest BCUT2D eigenvalue weighted by Crippen LogP contribution is -2.17.